The predicted octanol–water partition coefficient (Wildman–Crippen LogP) is 7.77. The zero-order valence-electron chi connectivity index (χ0n) is 25.4. The Labute approximate surface area is 268 Å². The van der Waals surface area contributed by atoms with Crippen LogP contribution in [0.5, 0.6) is 5.75 Å². The van der Waals surface area contributed by atoms with Gasteiger partial charge in [-0.05, 0) is 79.6 Å². The van der Waals surface area contributed by atoms with Crippen LogP contribution in [0.3, 0.4) is 0 Å². The maximum Gasteiger partial charge on any atom is 0.312 e. The number of halogens is 2. The second kappa shape index (κ2) is 13.9. The number of ketones is 3. The van der Waals surface area contributed by atoms with Gasteiger partial charge in [0.2, 0.25) is 5.82 Å². The van der Waals surface area contributed by atoms with Crippen LogP contribution in [0.4, 0.5) is 14.5 Å². The van der Waals surface area contributed by atoms with Crippen LogP contribution >= 0.6 is 11.8 Å². The third-order valence-corrected chi connectivity index (χ3v) is 8.38. The molecule has 11 heteroatoms. The van der Waals surface area contributed by atoms with E-state index in [-0.39, 0.29) is 56.7 Å². The molecule has 0 spiro atoms. The summed E-state index contributed by atoms with van der Waals surface area (Å²) in [4.78, 5) is 62.2. The first kappa shape index (κ1) is 33.9. The van der Waals surface area contributed by atoms with E-state index in [9.17, 15) is 38.1 Å². The van der Waals surface area contributed by atoms with Gasteiger partial charge in [-0.3, -0.25) is 29.3 Å². The summed E-state index contributed by atoms with van der Waals surface area (Å²) in [5, 5.41) is 11.2. The molecule has 0 radical (unpaired) electrons. The van der Waals surface area contributed by atoms with Crippen LogP contribution in [-0.4, -0.2) is 28.2 Å². The third-order valence-electron chi connectivity index (χ3n) is 7.28. The van der Waals surface area contributed by atoms with E-state index in [4.69, 9.17) is 4.74 Å². The molecule has 0 fully saturated rings. The molecule has 0 amide bonds. The van der Waals surface area contributed by atoms with E-state index in [1.807, 2.05) is 0 Å². The molecule has 0 saturated carbocycles. The number of nitrogens with zero attached hydrogens (tertiary/aromatic N) is 1. The molecular weight excluding hydrogens is 616 g/mol. The minimum atomic E-state index is -1.01. The summed E-state index contributed by atoms with van der Waals surface area (Å²) >= 11 is 1.11. The molecule has 1 aliphatic carbocycles. The first-order valence-electron chi connectivity index (χ1n) is 14.0. The third kappa shape index (κ3) is 7.97. The van der Waals surface area contributed by atoms with Crippen molar-refractivity contribution in [1.82, 2.24) is 0 Å². The number of nitro benzene ring substituents is 1. The van der Waals surface area contributed by atoms with Gasteiger partial charge in [0, 0.05) is 39.5 Å². The summed E-state index contributed by atoms with van der Waals surface area (Å²) in [5.41, 5.74) is 0.277. The quantitative estimate of drug-likeness (QED) is 0.0395. The SMILES string of the molecule is CC1=CC(=O)C(C)=C(C(C)(C)CC(=O)Oc2ccc(C(=O)/C(=C\c3ccc(F)c([N+](=O)[O-])c3)SCc3ccc(F)cc3)cc2)C1=O. The predicted molar refractivity (Wildman–Crippen MR) is 170 cm³/mol. The number of rotatable bonds is 11. The van der Waals surface area contributed by atoms with Gasteiger partial charge < -0.3 is 4.74 Å². The van der Waals surface area contributed by atoms with Gasteiger partial charge in [0.25, 0.3) is 0 Å². The number of thioether (sulfide) groups is 1. The lowest BCUT2D eigenvalue weighted by molar-refractivity contribution is -0.387. The summed E-state index contributed by atoms with van der Waals surface area (Å²) in [6.07, 6.45) is 2.50. The number of hydrogen-bond acceptors (Lipinski definition) is 8. The highest BCUT2D eigenvalue weighted by Gasteiger charge is 2.37. The smallest absolute Gasteiger partial charge is 0.312 e. The fourth-order valence-electron chi connectivity index (χ4n) is 4.93. The van der Waals surface area contributed by atoms with Crippen LogP contribution in [0.1, 0.15) is 55.6 Å². The Morgan fingerprint density at radius 2 is 1.63 bits per heavy atom. The number of hydrogen-bond donors (Lipinski definition) is 0. The molecule has 1 aliphatic rings. The van der Waals surface area contributed by atoms with Crippen LogP contribution in [0.15, 0.2) is 94.4 Å². The number of allylic oxidation sites excluding steroid dienone is 5. The molecule has 8 nitrogen and oxygen atoms in total. The summed E-state index contributed by atoms with van der Waals surface area (Å²) < 4.78 is 32.8. The number of carbonyl (C=O) groups excluding carboxylic acids is 4. The van der Waals surface area contributed by atoms with Crippen molar-refractivity contribution in [3.8, 4) is 5.75 Å². The minimum Gasteiger partial charge on any atom is -0.427 e. The largest absolute Gasteiger partial charge is 0.427 e. The Hall–Kier alpha value is -5.03. The average Bonchev–Trinajstić information content (AvgIpc) is 2.99. The zero-order chi connectivity index (χ0) is 33.8. The van der Waals surface area contributed by atoms with Crippen molar-refractivity contribution in [1.29, 1.82) is 0 Å². The monoisotopic (exact) mass is 645 g/mol. The first-order valence-corrected chi connectivity index (χ1v) is 15.0. The van der Waals surface area contributed by atoms with Crippen molar-refractivity contribution in [3.63, 3.8) is 0 Å². The second-order valence-corrected chi connectivity index (χ2v) is 12.3. The van der Waals surface area contributed by atoms with Crippen molar-refractivity contribution in [2.75, 3.05) is 0 Å². The summed E-state index contributed by atoms with van der Waals surface area (Å²) in [6.45, 7) is 6.48. The van der Waals surface area contributed by atoms with Gasteiger partial charge in [-0.15, -0.1) is 11.8 Å². The lowest BCUT2D eigenvalue weighted by Gasteiger charge is -2.29. The molecule has 4 rings (SSSR count). The van der Waals surface area contributed by atoms with Gasteiger partial charge in [0.15, 0.2) is 17.3 Å². The molecule has 0 aromatic heterocycles. The molecule has 0 bridgehead atoms. The van der Waals surface area contributed by atoms with Crippen molar-refractivity contribution in [2.24, 2.45) is 5.41 Å². The molecule has 0 heterocycles. The Morgan fingerprint density at radius 3 is 2.26 bits per heavy atom. The summed E-state index contributed by atoms with van der Waals surface area (Å²) in [6, 6.07) is 14.7. The zero-order valence-corrected chi connectivity index (χ0v) is 26.2. The highest BCUT2D eigenvalue weighted by Crippen LogP contribution is 2.38. The molecule has 0 unspecified atom stereocenters. The number of ether oxygens (including phenoxy) is 1. The van der Waals surface area contributed by atoms with Crippen molar-refractivity contribution in [3.05, 3.63) is 133 Å². The number of benzene rings is 3. The number of carbonyl (C=O) groups is 4. The van der Waals surface area contributed by atoms with E-state index in [0.29, 0.717) is 5.57 Å². The van der Waals surface area contributed by atoms with E-state index < -0.39 is 39.4 Å². The second-order valence-electron chi connectivity index (χ2n) is 11.3. The lowest BCUT2D eigenvalue weighted by atomic mass is 9.73. The van der Waals surface area contributed by atoms with Crippen LogP contribution < -0.4 is 4.74 Å². The Morgan fingerprint density at radius 1 is 0.978 bits per heavy atom. The van der Waals surface area contributed by atoms with Gasteiger partial charge >= 0.3 is 11.7 Å². The maximum atomic E-state index is 13.9. The Kier molecular flexibility index (Phi) is 10.3. The number of Topliss-reactive ketones (excluding diaryl/α,β-unsaturated/α-hetero) is 2. The van der Waals surface area contributed by atoms with E-state index in [1.165, 1.54) is 54.6 Å². The summed E-state index contributed by atoms with van der Waals surface area (Å²) in [7, 11) is 0. The van der Waals surface area contributed by atoms with E-state index in [2.05, 4.69) is 0 Å². The van der Waals surface area contributed by atoms with Crippen LogP contribution in [0.2, 0.25) is 0 Å². The fourth-order valence-corrected chi connectivity index (χ4v) is 5.92. The fraction of sp³-hybridized carbons (Fsp3) is 0.200. The molecule has 3 aromatic carbocycles. The van der Waals surface area contributed by atoms with Crippen molar-refractivity contribution < 1.29 is 37.6 Å². The summed E-state index contributed by atoms with van der Waals surface area (Å²) in [5.74, 6) is -2.70. The maximum absolute atomic E-state index is 13.9. The van der Waals surface area contributed by atoms with Gasteiger partial charge in [0.1, 0.15) is 11.6 Å². The van der Waals surface area contributed by atoms with Gasteiger partial charge in [-0.25, -0.2) is 4.39 Å². The minimum absolute atomic E-state index is 0.142. The Balaban J connectivity index is 1.53. The Bertz CT molecular complexity index is 1840. The topological polar surface area (TPSA) is 121 Å². The van der Waals surface area contributed by atoms with Crippen molar-refractivity contribution >= 4 is 46.8 Å². The highest BCUT2D eigenvalue weighted by molar-refractivity contribution is 8.03. The number of nitro groups is 1. The van der Waals surface area contributed by atoms with E-state index in [0.717, 1.165) is 29.5 Å². The van der Waals surface area contributed by atoms with Crippen molar-refractivity contribution in [2.45, 2.75) is 39.9 Å². The van der Waals surface area contributed by atoms with Crippen LogP contribution in [0.25, 0.3) is 6.08 Å². The number of esters is 1. The van der Waals surface area contributed by atoms with Crippen LogP contribution in [0, 0.1) is 27.2 Å². The van der Waals surface area contributed by atoms with Gasteiger partial charge in [-0.1, -0.05) is 32.0 Å². The molecular formula is C35H29F2NO7S. The molecule has 0 saturated heterocycles. The molecule has 0 aliphatic heterocycles. The standard InChI is InChI=1S/C35H29F2NO7S/c1-20-15-29(39)21(2)32(33(20)41)35(3,4)18-31(40)45-26-12-8-24(9-13-26)34(42)30(46-19-22-5-10-25(36)11-6-22)17-23-7-14-27(37)28(16-23)38(43)44/h5-17H,18-19H2,1-4H3/b30-17+. The molecule has 3 aromatic rings. The van der Waals surface area contributed by atoms with Gasteiger partial charge in [-0.2, -0.15) is 4.39 Å². The molecule has 236 valence electrons. The van der Waals surface area contributed by atoms with E-state index >= 15 is 0 Å². The average molecular weight is 646 g/mol. The van der Waals surface area contributed by atoms with Crippen LogP contribution in [-0.2, 0) is 20.1 Å². The normalized spacial score (nSPS) is 13.9. The van der Waals surface area contributed by atoms with E-state index in [1.54, 1.807) is 39.8 Å². The van der Waals surface area contributed by atoms with Gasteiger partial charge in [0.05, 0.1) is 16.2 Å². The first-order chi connectivity index (χ1) is 21.7. The molecule has 46 heavy (non-hydrogen) atoms. The molecule has 0 N–H and O–H groups in total. The highest BCUT2D eigenvalue weighted by atomic mass is 32.2. The molecule has 0 atom stereocenters. The lowest BCUT2D eigenvalue weighted by Crippen LogP contribution is -2.31.